The minimum absolute atomic E-state index is 0.0475. The summed E-state index contributed by atoms with van der Waals surface area (Å²) in [6.07, 6.45) is 1.66. The van der Waals surface area contributed by atoms with Crippen LogP contribution in [0.1, 0.15) is 24.2 Å². The third-order valence-electron chi connectivity index (χ3n) is 2.34. The fourth-order valence-corrected chi connectivity index (χ4v) is 1.43. The largest absolute Gasteiger partial charge is 0.383 e. The predicted molar refractivity (Wildman–Crippen MR) is 64.1 cm³/mol. The maximum Gasteiger partial charge on any atom is 0.257 e. The first-order chi connectivity index (χ1) is 7.10. The molecule has 1 aromatic rings. The Morgan fingerprint density at radius 1 is 1.53 bits per heavy atom. The second-order valence-corrected chi connectivity index (χ2v) is 3.42. The molecule has 0 aliphatic rings. The summed E-state index contributed by atoms with van der Waals surface area (Å²) < 4.78 is 0. The van der Waals surface area contributed by atoms with Crippen molar-refractivity contribution in [2.75, 3.05) is 18.8 Å². The summed E-state index contributed by atoms with van der Waals surface area (Å²) in [6, 6.07) is 1.78. The van der Waals surface area contributed by atoms with Gasteiger partial charge in [0.15, 0.2) is 0 Å². The van der Waals surface area contributed by atoms with Gasteiger partial charge in [-0.1, -0.05) is 11.5 Å². The Bertz CT molecular complexity index is 364. The highest BCUT2D eigenvalue weighted by molar-refractivity contribution is 6.32. The van der Waals surface area contributed by atoms with Crippen molar-refractivity contribution in [3.63, 3.8) is 0 Å². The van der Waals surface area contributed by atoms with E-state index in [9.17, 15) is 4.79 Å². The van der Waals surface area contributed by atoms with Crippen LogP contribution < -0.4 is 11.2 Å². The van der Waals surface area contributed by atoms with Gasteiger partial charge in [0, 0.05) is 19.3 Å². The maximum absolute atomic E-state index is 12.0. The highest BCUT2D eigenvalue weighted by atomic mass is 16.2. The number of nitrogens with zero attached hydrogens (tertiary/aromatic N) is 2. The van der Waals surface area contributed by atoms with Crippen LogP contribution in [0.15, 0.2) is 12.3 Å². The Hall–Kier alpha value is -1.52. The van der Waals surface area contributed by atoms with Crippen LogP contribution in [-0.4, -0.2) is 36.7 Å². The number of carbonyl (C=O) groups excluding carboxylic acids is 1. The van der Waals surface area contributed by atoms with Crippen LogP contribution in [0.3, 0.4) is 0 Å². The van der Waals surface area contributed by atoms with Crippen LogP contribution in [-0.2, 0) is 0 Å². The minimum atomic E-state index is -0.0475. The quantitative estimate of drug-likeness (QED) is 0.670. The molecule has 4 nitrogen and oxygen atoms in total. The van der Waals surface area contributed by atoms with Gasteiger partial charge in [0.2, 0.25) is 0 Å². The van der Waals surface area contributed by atoms with E-state index < -0.39 is 0 Å². The molecular weight excluding hydrogens is 189 g/mol. The lowest BCUT2D eigenvalue weighted by Crippen LogP contribution is -2.32. The van der Waals surface area contributed by atoms with Crippen molar-refractivity contribution in [3.8, 4) is 0 Å². The fraction of sp³-hybridized carbons (Fsp3) is 0.400. The summed E-state index contributed by atoms with van der Waals surface area (Å²) in [5.41, 5.74) is 7.12. The number of nitrogens with two attached hydrogens (primary N) is 1. The topological polar surface area (TPSA) is 59.2 Å². The number of hydrogen-bond acceptors (Lipinski definition) is 3. The Morgan fingerprint density at radius 3 is 2.67 bits per heavy atom. The van der Waals surface area contributed by atoms with Crippen LogP contribution in [0, 0.1) is 0 Å². The molecule has 0 aromatic carbocycles. The SMILES string of the molecule is Bc1cnc(N)c(C(=O)N(CC)CC)c1. The molecule has 2 N–H and O–H groups in total. The molecule has 0 saturated carbocycles. The maximum atomic E-state index is 12.0. The number of carbonyl (C=O) groups is 1. The van der Waals surface area contributed by atoms with Gasteiger partial charge in [0.25, 0.3) is 5.91 Å². The molecule has 1 rings (SSSR count). The monoisotopic (exact) mass is 205 g/mol. The summed E-state index contributed by atoms with van der Waals surface area (Å²) >= 11 is 0. The molecule has 0 spiro atoms. The number of hydrogen-bond donors (Lipinski definition) is 1. The van der Waals surface area contributed by atoms with Gasteiger partial charge < -0.3 is 10.6 Å². The normalized spacial score (nSPS) is 10.0. The van der Waals surface area contributed by atoms with Gasteiger partial charge in [0.05, 0.1) is 5.56 Å². The van der Waals surface area contributed by atoms with Crippen molar-refractivity contribution < 1.29 is 4.79 Å². The molecule has 1 heterocycles. The van der Waals surface area contributed by atoms with Gasteiger partial charge in [-0.15, -0.1) is 0 Å². The predicted octanol–water partition coefficient (Wildman–Crippen LogP) is -0.596. The van der Waals surface area contributed by atoms with Crippen molar-refractivity contribution in [1.82, 2.24) is 9.88 Å². The lowest BCUT2D eigenvalue weighted by atomic mass is 9.96. The molecule has 1 amide bonds. The first-order valence-corrected chi connectivity index (χ1v) is 5.11. The van der Waals surface area contributed by atoms with Crippen LogP contribution in [0.2, 0.25) is 0 Å². The van der Waals surface area contributed by atoms with E-state index in [0.29, 0.717) is 24.5 Å². The van der Waals surface area contributed by atoms with Gasteiger partial charge in [-0.2, -0.15) is 0 Å². The van der Waals surface area contributed by atoms with E-state index >= 15 is 0 Å². The van der Waals surface area contributed by atoms with Crippen LogP contribution in [0.4, 0.5) is 5.82 Å². The molecule has 1 aromatic heterocycles. The molecule has 0 bridgehead atoms. The number of aromatic nitrogens is 1. The van der Waals surface area contributed by atoms with Gasteiger partial charge >= 0.3 is 0 Å². The summed E-state index contributed by atoms with van der Waals surface area (Å²) in [4.78, 5) is 17.7. The molecule has 80 valence electrons. The Kier molecular flexibility index (Phi) is 3.71. The molecule has 0 radical (unpaired) electrons. The zero-order valence-electron chi connectivity index (χ0n) is 9.45. The molecule has 0 saturated heterocycles. The van der Waals surface area contributed by atoms with Gasteiger partial charge in [0.1, 0.15) is 13.7 Å². The molecule has 0 aliphatic carbocycles. The number of pyridine rings is 1. The summed E-state index contributed by atoms with van der Waals surface area (Å²) in [5.74, 6) is 0.256. The average Bonchev–Trinajstić information content (AvgIpc) is 2.23. The molecule has 5 heteroatoms. The van der Waals surface area contributed by atoms with Crippen molar-refractivity contribution in [1.29, 1.82) is 0 Å². The van der Waals surface area contributed by atoms with Gasteiger partial charge in [-0.05, 0) is 13.8 Å². The average molecular weight is 205 g/mol. The van der Waals surface area contributed by atoms with E-state index in [2.05, 4.69) is 4.98 Å². The zero-order chi connectivity index (χ0) is 11.4. The Labute approximate surface area is 90.9 Å². The number of amides is 1. The second-order valence-electron chi connectivity index (χ2n) is 3.42. The molecule has 0 unspecified atom stereocenters. The van der Waals surface area contributed by atoms with Crippen LogP contribution >= 0.6 is 0 Å². The minimum Gasteiger partial charge on any atom is -0.383 e. The van der Waals surface area contributed by atoms with Gasteiger partial charge in [-0.3, -0.25) is 4.79 Å². The molecular formula is C10H16BN3O. The smallest absolute Gasteiger partial charge is 0.257 e. The Morgan fingerprint density at radius 2 is 2.13 bits per heavy atom. The lowest BCUT2D eigenvalue weighted by Gasteiger charge is -2.19. The van der Waals surface area contributed by atoms with Crippen molar-refractivity contribution in [2.45, 2.75) is 13.8 Å². The third-order valence-corrected chi connectivity index (χ3v) is 2.34. The number of nitrogen functional groups attached to an aromatic ring is 1. The molecule has 15 heavy (non-hydrogen) atoms. The number of anilines is 1. The Balaban J connectivity index is 3.04. The van der Waals surface area contributed by atoms with Crippen molar-refractivity contribution in [2.24, 2.45) is 0 Å². The van der Waals surface area contributed by atoms with E-state index in [1.807, 2.05) is 21.7 Å². The molecule has 0 fully saturated rings. The van der Waals surface area contributed by atoms with Gasteiger partial charge in [-0.25, -0.2) is 4.98 Å². The summed E-state index contributed by atoms with van der Waals surface area (Å²) in [7, 11) is 1.89. The van der Waals surface area contributed by atoms with Crippen molar-refractivity contribution in [3.05, 3.63) is 17.8 Å². The highest BCUT2D eigenvalue weighted by Gasteiger charge is 2.15. The zero-order valence-corrected chi connectivity index (χ0v) is 9.45. The van der Waals surface area contributed by atoms with Crippen LogP contribution in [0.5, 0.6) is 0 Å². The standard InChI is InChI=1S/C10H16BN3O/c1-3-14(4-2)10(15)8-5-7(11)6-13-9(8)12/h5-6H,3-4,11H2,1-2H3,(H2,12,13). The lowest BCUT2D eigenvalue weighted by molar-refractivity contribution is 0.0774. The third kappa shape index (κ3) is 2.49. The summed E-state index contributed by atoms with van der Waals surface area (Å²) in [6.45, 7) is 5.26. The van der Waals surface area contributed by atoms with E-state index in [1.165, 1.54) is 0 Å². The number of rotatable bonds is 3. The molecule has 0 aliphatic heterocycles. The first-order valence-electron chi connectivity index (χ1n) is 5.11. The summed E-state index contributed by atoms with van der Waals surface area (Å²) in [5, 5.41) is 0. The second kappa shape index (κ2) is 4.82. The highest BCUT2D eigenvalue weighted by Crippen LogP contribution is 2.09. The van der Waals surface area contributed by atoms with E-state index in [-0.39, 0.29) is 5.91 Å². The van der Waals surface area contributed by atoms with E-state index in [1.54, 1.807) is 17.2 Å². The van der Waals surface area contributed by atoms with E-state index in [4.69, 9.17) is 5.73 Å². The molecule has 0 atom stereocenters. The van der Waals surface area contributed by atoms with Crippen molar-refractivity contribution >= 4 is 25.0 Å². The fourth-order valence-electron chi connectivity index (χ4n) is 1.43. The first kappa shape index (κ1) is 11.6. The van der Waals surface area contributed by atoms with Crippen LogP contribution in [0.25, 0.3) is 0 Å². The van der Waals surface area contributed by atoms with E-state index in [0.717, 1.165) is 5.46 Å².